The number of pyridine rings is 1. The van der Waals surface area contributed by atoms with E-state index < -0.39 is 0 Å². The molecule has 1 aliphatic rings. The zero-order valence-electron chi connectivity index (χ0n) is 12.6. The average molecular weight is 297 g/mol. The molecule has 0 aromatic carbocycles. The van der Waals surface area contributed by atoms with E-state index in [-0.39, 0.29) is 5.91 Å². The molecule has 2 aromatic rings. The molecule has 6 nitrogen and oxygen atoms in total. The van der Waals surface area contributed by atoms with Crippen molar-refractivity contribution in [2.75, 3.05) is 23.3 Å². The highest BCUT2D eigenvalue weighted by Crippen LogP contribution is 2.16. The number of hydrogen-bond acceptors (Lipinski definition) is 5. The van der Waals surface area contributed by atoms with Crippen LogP contribution >= 0.6 is 0 Å². The second-order valence-electron chi connectivity index (χ2n) is 5.50. The highest BCUT2D eigenvalue weighted by Gasteiger charge is 2.14. The van der Waals surface area contributed by atoms with Crippen LogP contribution in [0, 0.1) is 6.92 Å². The Bertz CT molecular complexity index is 650. The molecule has 0 bridgehead atoms. The summed E-state index contributed by atoms with van der Waals surface area (Å²) >= 11 is 0. The molecule has 1 aliphatic heterocycles. The number of aryl methyl sites for hydroxylation is 1. The van der Waals surface area contributed by atoms with Crippen LogP contribution in [0.15, 0.2) is 30.5 Å². The predicted octanol–water partition coefficient (Wildman–Crippen LogP) is 2.42. The van der Waals surface area contributed by atoms with Crippen LogP contribution in [-0.4, -0.2) is 34.2 Å². The van der Waals surface area contributed by atoms with E-state index in [4.69, 9.17) is 0 Å². The van der Waals surface area contributed by atoms with Crippen molar-refractivity contribution in [1.29, 1.82) is 0 Å². The Morgan fingerprint density at radius 3 is 2.64 bits per heavy atom. The van der Waals surface area contributed by atoms with Gasteiger partial charge < -0.3 is 10.2 Å². The van der Waals surface area contributed by atoms with Gasteiger partial charge in [-0.05, 0) is 56.0 Å². The van der Waals surface area contributed by atoms with Gasteiger partial charge in [0, 0.05) is 19.3 Å². The standard InChI is InChI=1S/C16H19N5O/c1-12-7-8-17-14(11-12)18-16(22)13-5-6-15(20-19-13)21-9-3-2-4-10-21/h5-8,11H,2-4,9-10H2,1H3,(H,17,18,22). The molecule has 0 unspecified atom stereocenters. The van der Waals surface area contributed by atoms with Crippen LogP contribution < -0.4 is 10.2 Å². The van der Waals surface area contributed by atoms with Gasteiger partial charge in [-0.25, -0.2) is 4.98 Å². The van der Waals surface area contributed by atoms with E-state index in [1.165, 1.54) is 19.3 Å². The van der Waals surface area contributed by atoms with Crippen LogP contribution in [-0.2, 0) is 0 Å². The van der Waals surface area contributed by atoms with Crippen LogP contribution in [0.2, 0.25) is 0 Å². The molecule has 3 heterocycles. The third-order valence-electron chi connectivity index (χ3n) is 3.72. The Kier molecular flexibility index (Phi) is 4.27. The number of anilines is 2. The van der Waals surface area contributed by atoms with Gasteiger partial charge in [-0.1, -0.05) is 0 Å². The first kappa shape index (κ1) is 14.4. The number of aromatic nitrogens is 3. The molecule has 1 fully saturated rings. The molecule has 3 rings (SSSR count). The van der Waals surface area contributed by atoms with Crippen LogP contribution in [0.25, 0.3) is 0 Å². The molecule has 0 radical (unpaired) electrons. The van der Waals surface area contributed by atoms with Gasteiger partial charge in [-0.2, -0.15) is 0 Å². The Morgan fingerprint density at radius 1 is 1.14 bits per heavy atom. The second kappa shape index (κ2) is 6.51. The predicted molar refractivity (Wildman–Crippen MR) is 85.0 cm³/mol. The third-order valence-corrected chi connectivity index (χ3v) is 3.72. The topological polar surface area (TPSA) is 71.0 Å². The number of nitrogens with one attached hydrogen (secondary N) is 1. The number of nitrogens with zero attached hydrogens (tertiary/aromatic N) is 4. The second-order valence-corrected chi connectivity index (χ2v) is 5.50. The molecule has 2 aromatic heterocycles. The first-order chi connectivity index (χ1) is 10.7. The average Bonchev–Trinajstić information content (AvgIpc) is 2.56. The Labute approximate surface area is 129 Å². The quantitative estimate of drug-likeness (QED) is 0.942. The highest BCUT2D eigenvalue weighted by molar-refractivity contribution is 6.02. The van der Waals surface area contributed by atoms with Gasteiger partial charge in [-0.15, -0.1) is 10.2 Å². The Hall–Kier alpha value is -2.50. The number of carbonyl (C=O) groups excluding carboxylic acids is 1. The molecule has 6 heteroatoms. The summed E-state index contributed by atoms with van der Waals surface area (Å²) in [5, 5.41) is 11.0. The fourth-order valence-corrected chi connectivity index (χ4v) is 2.52. The minimum Gasteiger partial charge on any atom is -0.355 e. The summed E-state index contributed by atoms with van der Waals surface area (Å²) in [7, 11) is 0. The van der Waals surface area contributed by atoms with Gasteiger partial charge in [0.05, 0.1) is 0 Å². The lowest BCUT2D eigenvalue weighted by Crippen LogP contribution is -2.30. The lowest BCUT2D eigenvalue weighted by atomic mass is 10.1. The first-order valence-corrected chi connectivity index (χ1v) is 7.55. The van der Waals surface area contributed by atoms with E-state index in [9.17, 15) is 4.79 Å². The minimum atomic E-state index is -0.296. The number of piperidine rings is 1. The lowest BCUT2D eigenvalue weighted by molar-refractivity contribution is 0.102. The van der Waals surface area contributed by atoms with E-state index in [1.807, 2.05) is 25.1 Å². The van der Waals surface area contributed by atoms with Crippen molar-refractivity contribution in [2.24, 2.45) is 0 Å². The van der Waals surface area contributed by atoms with Crippen molar-refractivity contribution in [3.8, 4) is 0 Å². The maximum absolute atomic E-state index is 12.1. The summed E-state index contributed by atoms with van der Waals surface area (Å²) in [6.07, 6.45) is 5.30. The molecule has 0 spiro atoms. The first-order valence-electron chi connectivity index (χ1n) is 7.55. The van der Waals surface area contributed by atoms with Crippen molar-refractivity contribution in [3.05, 3.63) is 41.7 Å². The molecule has 1 N–H and O–H groups in total. The van der Waals surface area contributed by atoms with Crippen LogP contribution in [0.5, 0.6) is 0 Å². The van der Waals surface area contributed by atoms with Gasteiger partial charge >= 0.3 is 0 Å². The monoisotopic (exact) mass is 297 g/mol. The van der Waals surface area contributed by atoms with Gasteiger partial charge in [-0.3, -0.25) is 4.79 Å². The third kappa shape index (κ3) is 3.39. The van der Waals surface area contributed by atoms with E-state index in [0.29, 0.717) is 11.5 Å². The lowest BCUT2D eigenvalue weighted by Gasteiger charge is -2.27. The van der Waals surface area contributed by atoms with E-state index in [2.05, 4.69) is 25.4 Å². The smallest absolute Gasteiger partial charge is 0.277 e. The molecule has 1 saturated heterocycles. The largest absolute Gasteiger partial charge is 0.355 e. The van der Waals surface area contributed by atoms with Crippen molar-refractivity contribution in [3.63, 3.8) is 0 Å². The summed E-state index contributed by atoms with van der Waals surface area (Å²) in [5.74, 6) is 1.06. The summed E-state index contributed by atoms with van der Waals surface area (Å²) in [5.41, 5.74) is 1.33. The SMILES string of the molecule is Cc1ccnc(NC(=O)c2ccc(N3CCCCC3)nn2)c1. The number of carbonyl (C=O) groups is 1. The zero-order valence-corrected chi connectivity index (χ0v) is 12.6. The summed E-state index contributed by atoms with van der Waals surface area (Å²) in [4.78, 5) is 18.5. The molecule has 1 amide bonds. The number of hydrogen-bond donors (Lipinski definition) is 1. The number of amides is 1. The fraction of sp³-hybridized carbons (Fsp3) is 0.375. The highest BCUT2D eigenvalue weighted by atomic mass is 16.2. The van der Waals surface area contributed by atoms with Crippen molar-refractivity contribution in [1.82, 2.24) is 15.2 Å². The normalized spacial score (nSPS) is 14.7. The molecule has 0 saturated carbocycles. The minimum absolute atomic E-state index is 0.295. The maximum Gasteiger partial charge on any atom is 0.277 e. The van der Waals surface area contributed by atoms with Crippen molar-refractivity contribution in [2.45, 2.75) is 26.2 Å². The summed E-state index contributed by atoms with van der Waals surface area (Å²) in [6, 6.07) is 7.26. The molecular formula is C16H19N5O. The fourth-order valence-electron chi connectivity index (χ4n) is 2.52. The van der Waals surface area contributed by atoms with Gasteiger partial charge in [0.1, 0.15) is 5.82 Å². The van der Waals surface area contributed by atoms with E-state index in [1.54, 1.807) is 12.3 Å². The van der Waals surface area contributed by atoms with Crippen LogP contribution in [0.1, 0.15) is 35.3 Å². The van der Waals surface area contributed by atoms with Gasteiger partial charge in [0.2, 0.25) is 0 Å². The van der Waals surface area contributed by atoms with Crippen molar-refractivity contribution >= 4 is 17.5 Å². The van der Waals surface area contributed by atoms with Crippen molar-refractivity contribution < 1.29 is 4.79 Å². The van der Waals surface area contributed by atoms with E-state index >= 15 is 0 Å². The van der Waals surface area contributed by atoms with Crippen LogP contribution in [0.4, 0.5) is 11.6 Å². The van der Waals surface area contributed by atoms with Gasteiger partial charge in [0.25, 0.3) is 5.91 Å². The molecular weight excluding hydrogens is 278 g/mol. The Morgan fingerprint density at radius 2 is 1.95 bits per heavy atom. The summed E-state index contributed by atoms with van der Waals surface area (Å²) in [6.45, 7) is 3.96. The van der Waals surface area contributed by atoms with Gasteiger partial charge in [0.15, 0.2) is 11.5 Å². The Balaban J connectivity index is 1.68. The van der Waals surface area contributed by atoms with Crippen LogP contribution in [0.3, 0.4) is 0 Å². The van der Waals surface area contributed by atoms with E-state index in [0.717, 1.165) is 24.5 Å². The molecule has 0 atom stereocenters. The molecule has 114 valence electrons. The maximum atomic E-state index is 12.1. The zero-order chi connectivity index (χ0) is 15.4. The summed E-state index contributed by atoms with van der Waals surface area (Å²) < 4.78 is 0. The molecule has 22 heavy (non-hydrogen) atoms. The molecule has 0 aliphatic carbocycles. The number of rotatable bonds is 3.